The standard InChI is InChI=1S/3C22H21N5O2.C11H13N3O.C11H10N2O2.2CH4/c3*1-27-20-15(8-5-9-23-20)16-12-17(16)19(22(27)29)24-21(28)18-11-14(25-26-18)10-13-6-3-2-4-7-13;1-14-10-6(3-2-4-13-10)7-5-8(7)9(12)11(14)15;14-11(15)10-7-9(12-13-10)6-8-4-2-1-3-5-8;;/h3*2-9,11,16-17,19H,10,12H2,1H3,(H,24,28)(H,25,26);2-4,7-9H,5,12H2,1H3;1-5,7H,6H2,(H,12,13)(H,14,15);2*1H4/t16-,17?,19-;2*16-,17-,19-;7-,8?,9-;;;/m0100.../s1. The van der Waals surface area contributed by atoms with E-state index < -0.39 is 24.1 Å². The molecule has 0 bridgehead atoms. The Morgan fingerprint density at radius 3 is 0.874 bits per heavy atom. The zero-order valence-corrected chi connectivity index (χ0v) is 64.5. The van der Waals surface area contributed by atoms with Gasteiger partial charge in [-0.15, -0.1) is 0 Å². The van der Waals surface area contributed by atoms with Crippen LogP contribution in [0.15, 0.2) is 219 Å². The van der Waals surface area contributed by atoms with Crippen LogP contribution in [0.25, 0.3) is 0 Å². The van der Waals surface area contributed by atoms with Crippen LogP contribution < -0.4 is 41.3 Å². The number of amides is 7. The lowest BCUT2D eigenvalue weighted by atomic mass is 10.1. The number of hydrogen-bond donors (Lipinski definition) is 9. The number of aromatic nitrogens is 12. The van der Waals surface area contributed by atoms with Gasteiger partial charge in [-0.2, -0.15) is 20.4 Å². The number of rotatable bonds is 15. The summed E-state index contributed by atoms with van der Waals surface area (Å²) in [7, 11) is 6.89. The first-order chi connectivity index (χ1) is 56.8. The zero-order valence-electron chi connectivity index (χ0n) is 64.5. The summed E-state index contributed by atoms with van der Waals surface area (Å²) >= 11 is 0. The highest BCUT2D eigenvalue weighted by Crippen LogP contribution is 2.57. The normalized spacial score (nSPS) is 21.9. The predicted molar refractivity (Wildman–Crippen MR) is 447 cm³/mol. The SMILES string of the molecule is C.C.CN1C(=O)[C@@H](N)C2C[C@H]2c2cccnc21.CN1C(=O)[C@@H](NC(=O)c2cc(Cc3ccccc3)[nH]n2)C2C[C@H]2c2cccnc21.CN1C(=O)[C@@H](NC(=O)c2cc(Cc3ccccc3)[nH]n2)[C@H]2C[C@H]2c2cccnc21.CN1C(=O)[C@H](NC(=O)c2cc(Cc3ccccc3)[nH]n2)[C@@H]2C[C@@H]2c2cccnc21.O=C(O)c1cc(Cc2ccccc2)[nH]n1. The number of aromatic amines is 4. The molecule has 20 rings (SSSR count). The number of benzene rings is 4. The van der Waals surface area contributed by atoms with Gasteiger partial charge in [-0.1, -0.05) is 160 Å². The van der Waals surface area contributed by atoms with Crippen LogP contribution in [0.3, 0.4) is 0 Å². The van der Waals surface area contributed by atoms with E-state index in [4.69, 9.17) is 10.8 Å². The van der Waals surface area contributed by atoms with E-state index >= 15 is 0 Å². The Bertz CT molecular complexity index is 5270. The van der Waals surface area contributed by atoms with E-state index in [9.17, 15) is 38.4 Å². The highest BCUT2D eigenvalue weighted by atomic mass is 16.4. The highest BCUT2D eigenvalue weighted by molar-refractivity contribution is 6.05. The Kier molecular flexibility index (Phi) is 24.2. The van der Waals surface area contributed by atoms with Gasteiger partial charge in [0.15, 0.2) is 5.69 Å². The average Bonchev–Trinajstić information content (AvgIpc) is 1.61. The molecule has 4 fully saturated rings. The molecule has 12 atom stereocenters. The van der Waals surface area contributed by atoms with Gasteiger partial charge >= 0.3 is 5.97 Å². The second-order valence-corrected chi connectivity index (χ2v) is 30.7. The van der Waals surface area contributed by atoms with Gasteiger partial charge in [0.2, 0.25) is 5.91 Å². The Balaban J connectivity index is 0.000000125. The van der Waals surface area contributed by atoms with Gasteiger partial charge in [-0.25, -0.2) is 24.7 Å². The largest absolute Gasteiger partial charge is 0.476 e. The van der Waals surface area contributed by atoms with E-state index in [-0.39, 0.29) is 103 Å². The number of likely N-dealkylation sites (N-methyl/N-ethyl adjacent to an activating group) is 4. The molecular weight excluding hydrogens is 1510 g/mol. The van der Waals surface area contributed by atoms with Crippen molar-refractivity contribution in [1.29, 1.82) is 0 Å². The number of aromatic carboxylic acids is 1. The monoisotopic (exact) mass is 1600 g/mol. The molecule has 0 saturated heterocycles. The minimum Gasteiger partial charge on any atom is -0.476 e. The topological polar surface area (TPSA) is 398 Å². The van der Waals surface area contributed by atoms with Crippen molar-refractivity contribution in [2.45, 2.75) is 114 Å². The van der Waals surface area contributed by atoms with Gasteiger partial charge in [0.1, 0.15) is 58.5 Å². The fraction of sp³-hybridized carbons (Fsp3) is 0.289. The molecule has 4 aliphatic heterocycles. The summed E-state index contributed by atoms with van der Waals surface area (Å²) in [6.45, 7) is 0. The van der Waals surface area contributed by atoms with Gasteiger partial charge in [0.25, 0.3) is 35.4 Å². The number of pyridine rings is 4. The van der Waals surface area contributed by atoms with E-state index in [1.807, 2.05) is 164 Å². The number of H-pyrrole nitrogens is 4. The van der Waals surface area contributed by atoms with Crippen molar-refractivity contribution in [1.82, 2.24) is 76.7 Å². The molecule has 12 aromatic rings. The predicted octanol–water partition coefficient (Wildman–Crippen LogP) is 10.3. The minimum absolute atomic E-state index is 0. The van der Waals surface area contributed by atoms with Gasteiger partial charge in [-0.3, -0.25) is 73.6 Å². The molecule has 29 nitrogen and oxygen atoms in total. The molecule has 0 spiro atoms. The number of carboxylic acid groups (broad SMARTS) is 1. The van der Waals surface area contributed by atoms with Crippen LogP contribution >= 0.6 is 0 Å². The third-order valence-corrected chi connectivity index (χ3v) is 22.9. The molecule has 119 heavy (non-hydrogen) atoms. The molecule has 4 aliphatic carbocycles. The molecule has 608 valence electrons. The Morgan fingerprint density at radius 2 is 0.605 bits per heavy atom. The van der Waals surface area contributed by atoms with Gasteiger partial charge in [-0.05, 0) is 166 Å². The summed E-state index contributed by atoms with van der Waals surface area (Å²) in [6.07, 6.45) is 13.1. The van der Waals surface area contributed by atoms with Crippen LogP contribution in [0.1, 0.15) is 173 Å². The highest BCUT2D eigenvalue weighted by Gasteiger charge is 2.56. The molecule has 4 aromatic carbocycles. The van der Waals surface area contributed by atoms with Crippen LogP contribution in [0.5, 0.6) is 0 Å². The molecule has 8 aromatic heterocycles. The summed E-state index contributed by atoms with van der Waals surface area (Å²) in [5.74, 6) is 2.23. The lowest BCUT2D eigenvalue weighted by Crippen LogP contribution is -2.48. The number of carbonyl (C=O) groups is 8. The van der Waals surface area contributed by atoms with E-state index in [1.54, 1.807) is 96.8 Å². The minimum atomic E-state index is -1.01. The lowest BCUT2D eigenvalue weighted by Gasteiger charge is -2.22. The number of carboxylic acids is 1. The molecule has 7 amide bonds. The summed E-state index contributed by atoms with van der Waals surface area (Å²) in [4.78, 5) is 124. The maximum Gasteiger partial charge on any atom is 0.356 e. The Labute approximate surface area is 687 Å². The third-order valence-electron chi connectivity index (χ3n) is 22.9. The summed E-state index contributed by atoms with van der Waals surface area (Å²) in [5.41, 5.74) is 19.2. The third kappa shape index (κ3) is 17.9. The second-order valence-electron chi connectivity index (χ2n) is 30.7. The number of nitrogens with one attached hydrogen (secondary N) is 7. The van der Waals surface area contributed by atoms with Crippen LogP contribution in [0, 0.1) is 23.7 Å². The fourth-order valence-corrected chi connectivity index (χ4v) is 16.4. The van der Waals surface area contributed by atoms with E-state index in [0.717, 1.165) is 93.2 Å². The molecule has 2 unspecified atom stereocenters. The quantitative estimate of drug-likeness (QED) is 0.0460. The van der Waals surface area contributed by atoms with Crippen molar-refractivity contribution in [3.05, 3.63) is 309 Å². The van der Waals surface area contributed by atoms with Gasteiger partial charge < -0.3 is 26.8 Å². The van der Waals surface area contributed by atoms with Gasteiger partial charge in [0, 0.05) is 101 Å². The number of nitrogens with two attached hydrogens (primary N) is 1. The van der Waals surface area contributed by atoms with Gasteiger partial charge in [0.05, 0.1) is 6.04 Å². The van der Waals surface area contributed by atoms with Crippen LogP contribution in [0.4, 0.5) is 23.3 Å². The Morgan fingerprint density at radius 1 is 0.361 bits per heavy atom. The maximum atomic E-state index is 13.0. The fourth-order valence-electron chi connectivity index (χ4n) is 16.4. The van der Waals surface area contributed by atoms with E-state index in [1.165, 1.54) is 5.56 Å². The molecular formula is C90H94N20O9. The second kappa shape index (κ2) is 35.2. The molecule has 4 saturated carbocycles. The number of carbonyl (C=O) groups excluding carboxylic acids is 7. The molecule has 12 heterocycles. The van der Waals surface area contributed by atoms with Crippen LogP contribution in [0.2, 0.25) is 0 Å². The molecule has 8 aliphatic rings. The van der Waals surface area contributed by atoms with Crippen molar-refractivity contribution in [3.63, 3.8) is 0 Å². The van der Waals surface area contributed by atoms with Crippen molar-refractivity contribution >= 4 is 70.6 Å². The van der Waals surface area contributed by atoms with E-state index in [0.29, 0.717) is 72.1 Å². The van der Waals surface area contributed by atoms with Crippen LogP contribution in [-0.4, -0.2) is 166 Å². The first-order valence-electron chi connectivity index (χ1n) is 38.9. The van der Waals surface area contributed by atoms with Crippen molar-refractivity contribution < 1.29 is 43.5 Å². The Hall–Kier alpha value is -14.0. The zero-order chi connectivity index (χ0) is 81.1. The molecule has 29 heteroatoms. The number of anilines is 4. The van der Waals surface area contributed by atoms with E-state index in [2.05, 4.69) is 82.7 Å². The van der Waals surface area contributed by atoms with Crippen molar-refractivity contribution in [3.8, 4) is 0 Å². The first kappa shape index (κ1) is 81.6. The average molecular weight is 1600 g/mol. The number of hydrogen-bond acceptors (Lipinski definition) is 17. The number of nitrogens with zero attached hydrogens (tertiary/aromatic N) is 12. The molecule has 0 radical (unpaired) electrons. The molecule has 10 N–H and O–H groups in total. The first-order valence-corrected chi connectivity index (χ1v) is 38.9. The van der Waals surface area contributed by atoms with Crippen molar-refractivity contribution in [2.24, 2.45) is 29.4 Å². The van der Waals surface area contributed by atoms with Crippen LogP contribution in [-0.2, 0) is 44.9 Å². The van der Waals surface area contributed by atoms with Crippen molar-refractivity contribution in [2.75, 3.05) is 47.8 Å². The smallest absolute Gasteiger partial charge is 0.356 e. The maximum absolute atomic E-state index is 13.0. The summed E-state index contributed by atoms with van der Waals surface area (Å²) < 4.78 is 0. The summed E-state index contributed by atoms with van der Waals surface area (Å²) in [6, 6.07) is 60.2. The number of fused-ring (bicyclic) bond motifs is 12. The lowest BCUT2D eigenvalue weighted by molar-refractivity contribution is -0.121. The summed E-state index contributed by atoms with van der Waals surface area (Å²) in [5, 5.41) is 45.0.